The summed E-state index contributed by atoms with van der Waals surface area (Å²) in [4.78, 5) is 16.2. The van der Waals surface area contributed by atoms with Crippen LogP contribution in [0.1, 0.15) is 5.56 Å². The maximum absolute atomic E-state index is 6.02. The summed E-state index contributed by atoms with van der Waals surface area (Å²) < 4.78 is 0. The first kappa shape index (κ1) is 20.3. The summed E-state index contributed by atoms with van der Waals surface area (Å²) in [6.45, 7) is 5.64. The zero-order valence-corrected chi connectivity index (χ0v) is 18.4. The fourth-order valence-corrected chi connectivity index (χ4v) is 3.58. The molecule has 4 rings (SSSR count). The molecule has 0 radical (unpaired) electrons. The molecule has 1 aromatic heterocycles. The van der Waals surface area contributed by atoms with Crippen molar-refractivity contribution in [1.29, 1.82) is 0 Å². The average Bonchev–Trinajstić information content (AvgIpc) is 2.76. The van der Waals surface area contributed by atoms with Crippen LogP contribution in [0.25, 0.3) is 0 Å². The van der Waals surface area contributed by atoms with Crippen LogP contribution >= 0.6 is 11.6 Å². The zero-order valence-electron chi connectivity index (χ0n) is 17.6. The predicted octanol–water partition coefficient (Wildman–Crippen LogP) is 4.57. The quantitative estimate of drug-likeness (QED) is 0.649. The number of benzene rings is 2. The molecular formula is C23H27ClN6. The fraction of sp³-hybridized carbons (Fsp3) is 0.304. The van der Waals surface area contributed by atoms with Gasteiger partial charge in [0.1, 0.15) is 11.6 Å². The van der Waals surface area contributed by atoms with Crippen LogP contribution < -0.4 is 20.0 Å². The molecule has 1 saturated heterocycles. The molecule has 2 aromatic carbocycles. The Kier molecular flexibility index (Phi) is 5.95. The topological polar surface area (TPSA) is 47.5 Å². The molecule has 0 unspecified atom stereocenters. The SMILES string of the molecule is Cc1ccc(Nc2cc(N(C)C)nc(N3CCN(c4ccc(Cl)cc4)CC3)n2)cc1. The molecule has 1 aliphatic heterocycles. The normalized spacial score (nSPS) is 14.0. The maximum atomic E-state index is 6.02. The van der Waals surface area contributed by atoms with Gasteiger partial charge in [-0.15, -0.1) is 0 Å². The number of anilines is 5. The molecule has 3 aromatic rings. The van der Waals surface area contributed by atoms with Gasteiger partial charge in [0, 0.05) is 62.7 Å². The van der Waals surface area contributed by atoms with Gasteiger partial charge in [0.25, 0.3) is 0 Å². The average molecular weight is 423 g/mol. The van der Waals surface area contributed by atoms with E-state index in [0.29, 0.717) is 0 Å². The first-order valence-corrected chi connectivity index (χ1v) is 10.5. The summed E-state index contributed by atoms with van der Waals surface area (Å²) in [6.07, 6.45) is 0. The number of rotatable bonds is 5. The van der Waals surface area contributed by atoms with Crippen molar-refractivity contribution in [3.05, 3.63) is 65.2 Å². The highest BCUT2D eigenvalue weighted by Crippen LogP contribution is 2.25. The van der Waals surface area contributed by atoms with Crippen LogP contribution in [0.3, 0.4) is 0 Å². The number of hydrogen-bond donors (Lipinski definition) is 1. The first-order chi connectivity index (χ1) is 14.5. The summed E-state index contributed by atoms with van der Waals surface area (Å²) in [7, 11) is 4.00. The third-order valence-corrected chi connectivity index (χ3v) is 5.49. The van der Waals surface area contributed by atoms with Crippen molar-refractivity contribution in [2.45, 2.75) is 6.92 Å². The van der Waals surface area contributed by atoms with E-state index in [0.717, 1.165) is 54.5 Å². The second-order valence-electron chi connectivity index (χ2n) is 7.75. The molecule has 0 bridgehead atoms. The molecule has 156 valence electrons. The monoisotopic (exact) mass is 422 g/mol. The second kappa shape index (κ2) is 8.79. The molecule has 7 heteroatoms. The van der Waals surface area contributed by atoms with E-state index in [2.05, 4.69) is 58.4 Å². The Balaban J connectivity index is 1.51. The molecule has 1 aliphatic rings. The van der Waals surface area contributed by atoms with Gasteiger partial charge in [-0.05, 0) is 43.3 Å². The number of nitrogens with one attached hydrogen (secondary N) is 1. The number of nitrogens with zero attached hydrogens (tertiary/aromatic N) is 5. The van der Waals surface area contributed by atoms with E-state index >= 15 is 0 Å². The highest BCUT2D eigenvalue weighted by atomic mass is 35.5. The van der Waals surface area contributed by atoms with Crippen LogP contribution in [0.5, 0.6) is 0 Å². The Morgan fingerprint density at radius 2 is 1.50 bits per heavy atom. The molecular weight excluding hydrogens is 396 g/mol. The molecule has 0 spiro atoms. The highest BCUT2D eigenvalue weighted by Gasteiger charge is 2.20. The van der Waals surface area contributed by atoms with Crippen molar-refractivity contribution < 1.29 is 0 Å². The van der Waals surface area contributed by atoms with Crippen LogP contribution in [-0.4, -0.2) is 50.2 Å². The third-order valence-electron chi connectivity index (χ3n) is 5.24. The van der Waals surface area contributed by atoms with E-state index in [1.165, 1.54) is 11.3 Å². The highest BCUT2D eigenvalue weighted by molar-refractivity contribution is 6.30. The summed E-state index contributed by atoms with van der Waals surface area (Å²) in [5.74, 6) is 2.44. The lowest BCUT2D eigenvalue weighted by molar-refractivity contribution is 0.640. The van der Waals surface area contributed by atoms with E-state index in [1.54, 1.807) is 0 Å². The molecule has 0 aliphatic carbocycles. The molecule has 6 nitrogen and oxygen atoms in total. The third kappa shape index (κ3) is 4.76. The lowest BCUT2D eigenvalue weighted by Crippen LogP contribution is -2.47. The number of hydrogen-bond acceptors (Lipinski definition) is 6. The van der Waals surface area contributed by atoms with Crippen molar-refractivity contribution in [3.8, 4) is 0 Å². The molecule has 0 amide bonds. The van der Waals surface area contributed by atoms with Gasteiger partial charge >= 0.3 is 0 Å². The Morgan fingerprint density at radius 1 is 0.867 bits per heavy atom. The number of aryl methyl sites for hydroxylation is 1. The lowest BCUT2D eigenvalue weighted by Gasteiger charge is -2.36. The molecule has 0 atom stereocenters. The van der Waals surface area contributed by atoms with E-state index in [4.69, 9.17) is 21.6 Å². The van der Waals surface area contributed by atoms with E-state index in [-0.39, 0.29) is 0 Å². The van der Waals surface area contributed by atoms with Crippen LogP contribution in [0.4, 0.5) is 29.0 Å². The molecule has 1 N–H and O–H groups in total. The van der Waals surface area contributed by atoms with Gasteiger partial charge in [-0.1, -0.05) is 29.3 Å². The van der Waals surface area contributed by atoms with Crippen LogP contribution in [0, 0.1) is 6.92 Å². The van der Waals surface area contributed by atoms with Crippen molar-refractivity contribution in [1.82, 2.24) is 9.97 Å². The lowest BCUT2D eigenvalue weighted by atomic mass is 10.2. The Labute approximate surface area is 183 Å². The number of aromatic nitrogens is 2. The summed E-state index contributed by atoms with van der Waals surface area (Å²) >= 11 is 6.02. The van der Waals surface area contributed by atoms with Gasteiger partial charge in [-0.2, -0.15) is 9.97 Å². The smallest absolute Gasteiger partial charge is 0.229 e. The minimum absolute atomic E-state index is 0.756. The maximum Gasteiger partial charge on any atom is 0.229 e. The van der Waals surface area contributed by atoms with E-state index in [1.807, 2.05) is 37.2 Å². The van der Waals surface area contributed by atoms with Gasteiger partial charge in [0.15, 0.2) is 0 Å². The largest absolute Gasteiger partial charge is 0.368 e. The molecule has 0 saturated carbocycles. The van der Waals surface area contributed by atoms with E-state index in [9.17, 15) is 0 Å². The van der Waals surface area contributed by atoms with Crippen LogP contribution in [0.2, 0.25) is 5.02 Å². The van der Waals surface area contributed by atoms with Gasteiger partial charge in [-0.25, -0.2) is 0 Å². The number of piperazine rings is 1. The van der Waals surface area contributed by atoms with Crippen molar-refractivity contribution in [2.24, 2.45) is 0 Å². The van der Waals surface area contributed by atoms with Gasteiger partial charge in [0.2, 0.25) is 5.95 Å². The summed E-state index contributed by atoms with van der Waals surface area (Å²) in [6, 6.07) is 18.3. The van der Waals surface area contributed by atoms with Crippen LogP contribution in [-0.2, 0) is 0 Å². The van der Waals surface area contributed by atoms with Crippen molar-refractivity contribution >= 4 is 40.6 Å². The van der Waals surface area contributed by atoms with Crippen molar-refractivity contribution in [2.75, 3.05) is 60.3 Å². The molecule has 30 heavy (non-hydrogen) atoms. The van der Waals surface area contributed by atoms with E-state index < -0.39 is 0 Å². The summed E-state index contributed by atoms with van der Waals surface area (Å²) in [5, 5.41) is 4.18. The molecule has 2 heterocycles. The van der Waals surface area contributed by atoms with Crippen LogP contribution in [0.15, 0.2) is 54.6 Å². The zero-order chi connectivity index (χ0) is 21.1. The fourth-order valence-electron chi connectivity index (χ4n) is 3.46. The minimum Gasteiger partial charge on any atom is -0.368 e. The van der Waals surface area contributed by atoms with Crippen molar-refractivity contribution in [3.63, 3.8) is 0 Å². The summed E-state index contributed by atoms with van der Waals surface area (Å²) in [5.41, 5.74) is 3.45. The van der Waals surface area contributed by atoms with Gasteiger partial charge in [0.05, 0.1) is 0 Å². The standard InChI is InChI=1S/C23H27ClN6/c1-17-4-8-19(9-5-17)25-21-16-22(28(2)3)27-23(26-21)30-14-12-29(13-15-30)20-10-6-18(24)7-11-20/h4-11,16H,12-15H2,1-3H3,(H,25,26,27). The second-order valence-corrected chi connectivity index (χ2v) is 8.18. The Bertz CT molecular complexity index is 980. The Hall–Kier alpha value is -2.99. The minimum atomic E-state index is 0.756. The predicted molar refractivity (Wildman–Crippen MR) is 127 cm³/mol. The van der Waals surface area contributed by atoms with Gasteiger partial charge < -0.3 is 20.0 Å². The number of halogens is 1. The molecule has 1 fully saturated rings. The van der Waals surface area contributed by atoms with Gasteiger partial charge in [-0.3, -0.25) is 0 Å². The Morgan fingerprint density at radius 3 is 2.13 bits per heavy atom. The first-order valence-electron chi connectivity index (χ1n) is 10.1.